The number of rotatable bonds is 7. The van der Waals surface area contributed by atoms with E-state index in [-0.39, 0.29) is 0 Å². The molecule has 1 N–H and O–H groups in total. The second-order valence-electron chi connectivity index (χ2n) is 5.57. The van der Waals surface area contributed by atoms with Crippen molar-refractivity contribution in [3.05, 3.63) is 95.0 Å². The van der Waals surface area contributed by atoms with E-state index in [1.165, 1.54) is 5.56 Å². The summed E-state index contributed by atoms with van der Waals surface area (Å²) in [6.07, 6.45) is 0.935. The van der Waals surface area contributed by atoms with Gasteiger partial charge in [-0.15, -0.1) is 0 Å². The summed E-state index contributed by atoms with van der Waals surface area (Å²) >= 11 is 5.92. The Bertz CT molecular complexity index is 756. The van der Waals surface area contributed by atoms with E-state index in [2.05, 4.69) is 29.6 Å². The average Bonchev–Trinajstić information content (AvgIpc) is 2.63. The summed E-state index contributed by atoms with van der Waals surface area (Å²) in [4.78, 5) is 0. The lowest BCUT2D eigenvalue weighted by Gasteiger charge is -2.13. The molecule has 0 saturated heterocycles. The Balaban J connectivity index is 1.56. The fraction of sp³-hybridized carbons (Fsp3) is 0.143. The van der Waals surface area contributed by atoms with Gasteiger partial charge in [-0.1, -0.05) is 66.2 Å². The average molecular weight is 338 g/mol. The first-order chi connectivity index (χ1) is 11.8. The zero-order valence-corrected chi connectivity index (χ0v) is 14.2. The van der Waals surface area contributed by atoms with Crippen LogP contribution in [0.3, 0.4) is 0 Å². The van der Waals surface area contributed by atoms with Crippen molar-refractivity contribution < 1.29 is 4.74 Å². The van der Waals surface area contributed by atoms with Crippen LogP contribution in [0.5, 0.6) is 5.75 Å². The fourth-order valence-electron chi connectivity index (χ4n) is 2.47. The van der Waals surface area contributed by atoms with Gasteiger partial charge in [0.15, 0.2) is 0 Å². The van der Waals surface area contributed by atoms with Crippen molar-refractivity contribution in [1.82, 2.24) is 0 Å². The molecule has 0 aliphatic rings. The molecule has 0 spiro atoms. The lowest BCUT2D eigenvalue weighted by molar-refractivity contribution is 0.307. The Hall–Kier alpha value is -2.45. The second kappa shape index (κ2) is 8.42. The largest absolute Gasteiger partial charge is 0.487 e. The first-order valence-electron chi connectivity index (χ1n) is 8.05. The molecule has 0 saturated carbocycles. The summed E-state index contributed by atoms with van der Waals surface area (Å²) in [6, 6.07) is 26.2. The molecule has 3 aromatic carbocycles. The van der Waals surface area contributed by atoms with Gasteiger partial charge in [-0.25, -0.2) is 0 Å². The summed E-state index contributed by atoms with van der Waals surface area (Å²) in [5.41, 5.74) is 3.44. The van der Waals surface area contributed by atoms with E-state index in [0.29, 0.717) is 6.61 Å². The van der Waals surface area contributed by atoms with Gasteiger partial charge in [0.2, 0.25) is 0 Å². The predicted molar refractivity (Wildman–Crippen MR) is 101 cm³/mol. The number of hydrogen-bond acceptors (Lipinski definition) is 2. The van der Waals surface area contributed by atoms with E-state index in [4.69, 9.17) is 16.3 Å². The molecular formula is C21H20ClNO. The Morgan fingerprint density at radius 1 is 0.750 bits per heavy atom. The van der Waals surface area contributed by atoms with Crippen molar-refractivity contribution in [2.75, 3.05) is 11.9 Å². The van der Waals surface area contributed by atoms with Crippen molar-refractivity contribution in [3.8, 4) is 5.75 Å². The lowest BCUT2D eigenvalue weighted by Crippen LogP contribution is -2.06. The maximum absolute atomic E-state index is 5.96. The molecule has 0 atom stereocenters. The SMILES string of the molecule is Clc1ccc(CCNc2ccccc2OCc2ccccc2)cc1. The molecule has 0 heterocycles. The monoisotopic (exact) mass is 337 g/mol. The quantitative estimate of drug-likeness (QED) is 0.608. The number of nitrogens with one attached hydrogen (secondary N) is 1. The van der Waals surface area contributed by atoms with Crippen molar-refractivity contribution in [3.63, 3.8) is 0 Å². The van der Waals surface area contributed by atoms with Crippen LogP contribution in [0, 0.1) is 0 Å². The van der Waals surface area contributed by atoms with Crippen LogP contribution in [0.15, 0.2) is 78.9 Å². The van der Waals surface area contributed by atoms with Crippen LogP contribution in [0.25, 0.3) is 0 Å². The molecule has 3 heteroatoms. The van der Waals surface area contributed by atoms with E-state index >= 15 is 0 Å². The zero-order chi connectivity index (χ0) is 16.6. The maximum Gasteiger partial charge on any atom is 0.142 e. The van der Waals surface area contributed by atoms with Gasteiger partial charge in [0, 0.05) is 11.6 Å². The highest BCUT2D eigenvalue weighted by molar-refractivity contribution is 6.30. The molecule has 3 aromatic rings. The van der Waals surface area contributed by atoms with Gasteiger partial charge in [0.05, 0.1) is 5.69 Å². The van der Waals surface area contributed by atoms with Gasteiger partial charge in [-0.2, -0.15) is 0 Å². The highest BCUT2D eigenvalue weighted by Gasteiger charge is 2.03. The molecule has 0 radical (unpaired) electrons. The third-order valence-corrected chi connectivity index (χ3v) is 4.02. The van der Waals surface area contributed by atoms with E-state index in [1.54, 1.807) is 0 Å². The molecule has 122 valence electrons. The third-order valence-electron chi connectivity index (χ3n) is 3.77. The van der Waals surface area contributed by atoms with Crippen LogP contribution in [0.2, 0.25) is 5.02 Å². The molecule has 3 rings (SSSR count). The molecule has 0 aromatic heterocycles. The highest BCUT2D eigenvalue weighted by Crippen LogP contribution is 2.24. The van der Waals surface area contributed by atoms with Crippen LogP contribution in [-0.2, 0) is 13.0 Å². The second-order valence-corrected chi connectivity index (χ2v) is 6.01. The first-order valence-corrected chi connectivity index (χ1v) is 8.43. The molecule has 0 fully saturated rings. The fourth-order valence-corrected chi connectivity index (χ4v) is 2.59. The third kappa shape index (κ3) is 4.77. The Morgan fingerprint density at radius 3 is 2.25 bits per heavy atom. The van der Waals surface area contributed by atoms with Crippen molar-refractivity contribution in [2.45, 2.75) is 13.0 Å². The summed E-state index contributed by atoms with van der Waals surface area (Å²) in [5.74, 6) is 0.873. The van der Waals surface area contributed by atoms with Crippen molar-refractivity contribution in [2.24, 2.45) is 0 Å². The maximum atomic E-state index is 5.96. The summed E-state index contributed by atoms with van der Waals surface area (Å²) < 4.78 is 5.96. The Labute approximate surface area is 148 Å². The van der Waals surface area contributed by atoms with E-state index in [9.17, 15) is 0 Å². The summed E-state index contributed by atoms with van der Waals surface area (Å²) in [6.45, 7) is 1.41. The standard InChI is InChI=1S/C21H20ClNO/c22-19-12-10-17(11-13-19)14-15-23-20-8-4-5-9-21(20)24-16-18-6-2-1-3-7-18/h1-13,23H,14-16H2. The Morgan fingerprint density at radius 2 is 1.46 bits per heavy atom. The van der Waals surface area contributed by atoms with Gasteiger partial charge in [0.25, 0.3) is 0 Å². The molecular weight excluding hydrogens is 318 g/mol. The lowest BCUT2D eigenvalue weighted by atomic mass is 10.1. The Kier molecular flexibility index (Phi) is 5.75. The number of benzene rings is 3. The van der Waals surface area contributed by atoms with Crippen LogP contribution in [-0.4, -0.2) is 6.54 Å². The molecule has 0 amide bonds. The number of hydrogen-bond donors (Lipinski definition) is 1. The van der Waals surface area contributed by atoms with E-state index < -0.39 is 0 Å². The molecule has 0 aliphatic carbocycles. The smallest absolute Gasteiger partial charge is 0.142 e. The van der Waals surface area contributed by atoms with Crippen molar-refractivity contribution in [1.29, 1.82) is 0 Å². The van der Waals surface area contributed by atoms with Gasteiger partial charge in [-0.05, 0) is 41.8 Å². The molecule has 0 unspecified atom stereocenters. The number of anilines is 1. The van der Waals surface area contributed by atoms with E-state index in [0.717, 1.165) is 35.0 Å². The molecule has 0 bridgehead atoms. The molecule has 24 heavy (non-hydrogen) atoms. The minimum absolute atomic E-state index is 0.566. The normalized spacial score (nSPS) is 10.4. The first kappa shape index (κ1) is 16.4. The number of halogens is 1. The summed E-state index contributed by atoms with van der Waals surface area (Å²) in [5, 5.41) is 4.22. The summed E-state index contributed by atoms with van der Waals surface area (Å²) in [7, 11) is 0. The van der Waals surface area contributed by atoms with Crippen LogP contribution in [0.4, 0.5) is 5.69 Å². The van der Waals surface area contributed by atoms with Crippen molar-refractivity contribution >= 4 is 17.3 Å². The highest BCUT2D eigenvalue weighted by atomic mass is 35.5. The number of para-hydroxylation sites is 2. The zero-order valence-electron chi connectivity index (χ0n) is 13.4. The predicted octanol–water partition coefficient (Wildman–Crippen LogP) is 5.57. The topological polar surface area (TPSA) is 21.3 Å². The van der Waals surface area contributed by atoms with Crippen LogP contribution < -0.4 is 10.1 Å². The number of ether oxygens (including phenoxy) is 1. The minimum atomic E-state index is 0.566. The van der Waals surface area contributed by atoms with E-state index in [1.807, 2.05) is 54.6 Å². The molecule has 0 aliphatic heterocycles. The van der Waals surface area contributed by atoms with Gasteiger partial charge < -0.3 is 10.1 Å². The van der Waals surface area contributed by atoms with Gasteiger partial charge in [0.1, 0.15) is 12.4 Å². The molecule has 2 nitrogen and oxygen atoms in total. The minimum Gasteiger partial charge on any atom is -0.487 e. The van der Waals surface area contributed by atoms with Gasteiger partial charge >= 0.3 is 0 Å². The van der Waals surface area contributed by atoms with Crippen LogP contribution >= 0.6 is 11.6 Å². The van der Waals surface area contributed by atoms with Crippen LogP contribution in [0.1, 0.15) is 11.1 Å². The van der Waals surface area contributed by atoms with Gasteiger partial charge in [-0.3, -0.25) is 0 Å².